The summed E-state index contributed by atoms with van der Waals surface area (Å²) >= 11 is 0. The van der Waals surface area contributed by atoms with E-state index in [1.165, 1.54) is 18.4 Å². The minimum absolute atomic E-state index is 0.168. The van der Waals surface area contributed by atoms with Gasteiger partial charge in [-0.25, -0.2) is 14.6 Å². The summed E-state index contributed by atoms with van der Waals surface area (Å²) in [6.07, 6.45) is 1.15. The van der Waals surface area contributed by atoms with E-state index in [1.807, 2.05) is 18.7 Å². The Labute approximate surface area is 243 Å². The van der Waals surface area contributed by atoms with Crippen LogP contribution in [-0.2, 0) is 20.9 Å². The highest BCUT2D eigenvalue weighted by molar-refractivity contribution is 5.87. The summed E-state index contributed by atoms with van der Waals surface area (Å²) in [4.78, 5) is 45.0. The zero-order valence-electron chi connectivity index (χ0n) is 23.5. The number of amides is 1. The number of hydrogen-bond acceptors (Lipinski definition) is 6. The molecule has 10 nitrogen and oxygen atoms in total. The quantitative estimate of drug-likeness (QED) is 0.456. The van der Waals surface area contributed by atoms with Gasteiger partial charge in [-0.05, 0) is 56.7 Å². The van der Waals surface area contributed by atoms with Crippen LogP contribution in [-0.4, -0.2) is 90.9 Å². The van der Waals surface area contributed by atoms with Gasteiger partial charge in [0.05, 0.1) is 17.4 Å². The molecule has 3 aliphatic rings. The maximum absolute atomic E-state index is 13.7. The Hall–Kier alpha value is -3.69. The van der Waals surface area contributed by atoms with Gasteiger partial charge in [-0.3, -0.25) is 14.7 Å². The second-order valence-corrected chi connectivity index (χ2v) is 11.1. The highest BCUT2D eigenvalue weighted by Crippen LogP contribution is 2.50. The maximum atomic E-state index is 13.7. The van der Waals surface area contributed by atoms with Gasteiger partial charge in [0.15, 0.2) is 0 Å². The minimum atomic E-state index is -5.08. The molecule has 2 atom stereocenters. The number of nitrogens with zero attached hydrogens (tertiary/aromatic N) is 5. The monoisotopic (exact) mass is 621 g/mol. The molecule has 2 aromatic heterocycles. The van der Waals surface area contributed by atoms with E-state index in [-0.39, 0.29) is 11.3 Å². The number of halogens is 6. The van der Waals surface area contributed by atoms with Crippen molar-refractivity contribution in [3.63, 3.8) is 0 Å². The molecule has 2 aliphatic heterocycles. The summed E-state index contributed by atoms with van der Waals surface area (Å²) < 4.78 is 65.6. The summed E-state index contributed by atoms with van der Waals surface area (Å²) in [5.74, 6) is -4.24. The molecule has 2 aromatic rings. The topological polar surface area (TPSA) is 129 Å². The zero-order valence-corrected chi connectivity index (χ0v) is 23.5. The molecule has 1 aliphatic carbocycles. The number of carbonyl (C=O) groups is 3. The van der Waals surface area contributed by atoms with E-state index in [1.54, 1.807) is 0 Å². The fourth-order valence-corrected chi connectivity index (χ4v) is 5.18. The number of carboxylic acids is 2. The summed E-state index contributed by atoms with van der Waals surface area (Å²) in [5, 5.41) is 14.2. The lowest BCUT2D eigenvalue weighted by molar-refractivity contribution is -0.193. The van der Waals surface area contributed by atoms with Crippen molar-refractivity contribution in [2.45, 2.75) is 64.0 Å². The van der Waals surface area contributed by atoms with Crippen LogP contribution in [0.1, 0.15) is 56.3 Å². The van der Waals surface area contributed by atoms with Gasteiger partial charge >= 0.3 is 24.3 Å². The lowest BCUT2D eigenvalue weighted by atomic mass is 9.75. The lowest BCUT2D eigenvalue weighted by Crippen LogP contribution is -2.40. The number of alkyl halides is 6. The van der Waals surface area contributed by atoms with Gasteiger partial charge < -0.3 is 19.7 Å². The van der Waals surface area contributed by atoms with Crippen molar-refractivity contribution in [1.82, 2.24) is 24.3 Å². The van der Waals surface area contributed by atoms with E-state index in [0.717, 1.165) is 50.8 Å². The van der Waals surface area contributed by atoms with Gasteiger partial charge in [-0.1, -0.05) is 0 Å². The number of imidazole rings is 1. The van der Waals surface area contributed by atoms with Crippen molar-refractivity contribution >= 4 is 17.8 Å². The molecule has 5 rings (SSSR count). The number of likely N-dealkylation sites (tertiary alicyclic amines) is 2. The average molecular weight is 622 g/mol. The largest absolute Gasteiger partial charge is 0.490 e. The van der Waals surface area contributed by atoms with Crippen LogP contribution in [0, 0.1) is 11.3 Å². The Morgan fingerprint density at radius 1 is 1.05 bits per heavy atom. The van der Waals surface area contributed by atoms with Crippen molar-refractivity contribution in [3.05, 3.63) is 48.3 Å². The van der Waals surface area contributed by atoms with Crippen LogP contribution in [0.4, 0.5) is 26.3 Å². The summed E-state index contributed by atoms with van der Waals surface area (Å²) in [5.41, 5.74) is 2.01. The first-order valence-electron chi connectivity index (χ1n) is 13.5. The molecule has 0 radical (unpaired) electrons. The second-order valence-electron chi connectivity index (χ2n) is 11.1. The van der Waals surface area contributed by atoms with Crippen LogP contribution in [0.3, 0.4) is 0 Å². The molecule has 1 saturated carbocycles. The molecule has 43 heavy (non-hydrogen) atoms. The van der Waals surface area contributed by atoms with Gasteiger partial charge in [-0.15, -0.1) is 0 Å². The number of hydrogen-bond donors (Lipinski definition) is 2. The number of carboxylic acid groups (broad SMARTS) is 2. The van der Waals surface area contributed by atoms with Crippen LogP contribution in [0.5, 0.6) is 0 Å². The number of rotatable bonds is 6. The number of aliphatic carboxylic acids is 2. The Balaban J connectivity index is 0.000000303. The normalized spacial score (nSPS) is 22.3. The molecule has 4 heterocycles. The van der Waals surface area contributed by atoms with Crippen molar-refractivity contribution in [2.75, 3.05) is 26.2 Å². The summed E-state index contributed by atoms with van der Waals surface area (Å²) in [6, 6.07) is 4.53. The van der Waals surface area contributed by atoms with Crippen LogP contribution in [0.2, 0.25) is 0 Å². The number of pyridine rings is 1. The Morgan fingerprint density at radius 3 is 2.07 bits per heavy atom. The van der Waals surface area contributed by atoms with E-state index in [4.69, 9.17) is 24.8 Å². The third-order valence-electron chi connectivity index (χ3n) is 7.55. The molecule has 16 heteroatoms. The maximum Gasteiger partial charge on any atom is 0.490 e. The van der Waals surface area contributed by atoms with Gasteiger partial charge in [0.25, 0.3) is 0 Å². The fourth-order valence-electron chi connectivity index (χ4n) is 5.18. The highest BCUT2D eigenvalue weighted by Gasteiger charge is 2.58. The second kappa shape index (κ2) is 13.3. The Morgan fingerprint density at radius 2 is 1.60 bits per heavy atom. The van der Waals surface area contributed by atoms with Crippen molar-refractivity contribution in [2.24, 2.45) is 11.3 Å². The summed E-state index contributed by atoms with van der Waals surface area (Å²) in [6.45, 7) is 8.78. The van der Waals surface area contributed by atoms with E-state index in [9.17, 15) is 31.1 Å². The Bertz CT molecular complexity index is 1240. The summed E-state index contributed by atoms with van der Waals surface area (Å²) in [7, 11) is 0. The molecule has 0 aromatic carbocycles. The highest BCUT2D eigenvalue weighted by atomic mass is 19.4. The van der Waals surface area contributed by atoms with E-state index in [0.29, 0.717) is 11.9 Å². The number of aromatic nitrogens is 3. The van der Waals surface area contributed by atoms with Gasteiger partial charge in [0.1, 0.15) is 0 Å². The number of carbonyl (C=O) groups excluding carboxylic acids is 1. The molecule has 2 unspecified atom stereocenters. The molecule has 0 bridgehead atoms. The lowest BCUT2D eigenvalue weighted by Gasteiger charge is -2.28. The first kappa shape index (κ1) is 33.8. The molecule has 3 fully saturated rings. The van der Waals surface area contributed by atoms with Crippen molar-refractivity contribution in [1.29, 1.82) is 0 Å². The molecule has 2 saturated heterocycles. The van der Waals surface area contributed by atoms with Gasteiger partial charge in [-0.2, -0.15) is 26.3 Å². The zero-order chi connectivity index (χ0) is 32.2. The van der Waals surface area contributed by atoms with Gasteiger partial charge in [0, 0.05) is 63.3 Å². The third kappa shape index (κ3) is 8.91. The van der Waals surface area contributed by atoms with Gasteiger partial charge in [0.2, 0.25) is 5.91 Å². The first-order chi connectivity index (χ1) is 19.9. The molecular weight excluding hydrogens is 588 g/mol. The molecule has 1 amide bonds. The molecule has 238 valence electrons. The van der Waals surface area contributed by atoms with E-state index < -0.39 is 24.3 Å². The fraction of sp³-hybridized carbons (Fsp3) is 0.593. The van der Waals surface area contributed by atoms with Crippen molar-refractivity contribution in [3.8, 4) is 0 Å². The van der Waals surface area contributed by atoms with Crippen LogP contribution in [0.25, 0.3) is 0 Å². The predicted molar refractivity (Wildman–Crippen MR) is 139 cm³/mol. The van der Waals surface area contributed by atoms with E-state index in [2.05, 4.69) is 51.5 Å². The standard InChI is InChI=1S/C23H31N5O.2C2HF3O2/c1-17(2)28-14-21(25-16-28)20-13-26(11-19-5-8-24-9-6-19)15-23(20)7-10-27(22(23)29)12-18-3-4-18;2*3-2(4,5)1(6)7/h5-6,8-9,14,16-18,20H,3-4,7,10-13,15H2,1-2H3;2*(H,6,7). The molecule has 1 spiro atoms. The SMILES string of the molecule is CC(C)n1cnc(C2CN(Cc3ccncc3)CC23CCN(CC2CC2)C3=O)c1.O=C(O)C(F)(F)F.O=C(O)C(F)(F)F. The van der Waals surface area contributed by atoms with Crippen LogP contribution < -0.4 is 0 Å². The molecular formula is C27H33F6N5O5. The third-order valence-corrected chi connectivity index (χ3v) is 7.55. The Kier molecular flexibility index (Phi) is 10.5. The van der Waals surface area contributed by atoms with Crippen LogP contribution in [0.15, 0.2) is 37.1 Å². The minimum Gasteiger partial charge on any atom is -0.475 e. The first-order valence-corrected chi connectivity index (χ1v) is 13.5. The average Bonchev–Trinajstić information content (AvgIpc) is 3.32. The van der Waals surface area contributed by atoms with Crippen molar-refractivity contribution < 1.29 is 50.9 Å². The predicted octanol–water partition coefficient (Wildman–Crippen LogP) is 4.35. The van der Waals surface area contributed by atoms with Crippen LogP contribution >= 0.6 is 0 Å². The smallest absolute Gasteiger partial charge is 0.475 e. The molecule has 2 N–H and O–H groups in total. The van der Waals surface area contributed by atoms with E-state index >= 15 is 0 Å².